The van der Waals surface area contributed by atoms with Crippen LogP contribution in [-0.4, -0.2) is 27.2 Å². The van der Waals surface area contributed by atoms with Crippen LogP contribution in [0.4, 0.5) is 0 Å². The molecule has 88 valence electrons. The quantitative estimate of drug-likeness (QED) is 0.795. The Morgan fingerprint density at radius 1 is 1.12 bits per heavy atom. The van der Waals surface area contributed by atoms with Gasteiger partial charge in [0.15, 0.2) is 24.3 Å². The average molecular weight is 260 g/mol. The van der Waals surface area contributed by atoms with Gasteiger partial charge in [0.25, 0.3) is 0 Å². The van der Waals surface area contributed by atoms with E-state index in [1.807, 2.05) is 0 Å². The maximum absolute atomic E-state index is 12.1. The van der Waals surface area contributed by atoms with Crippen molar-refractivity contribution in [2.75, 3.05) is 5.75 Å². The van der Waals surface area contributed by atoms with Crippen molar-refractivity contribution in [1.29, 1.82) is 0 Å². The molecule has 0 aliphatic carbocycles. The molecule has 0 saturated carbocycles. The van der Waals surface area contributed by atoms with Gasteiger partial charge < -0.3 is 0 Å². The molecule has 0 radical (unpaired) electrons. The summed E-state index contributed by atoms with van der Waals surface area (Å²) in [7, 11) is -7.22. The maximum atomic E-state index is 12.1. The Labute approximate surface area is 95.1 Å². The van der Waals surface area contributed by atoms with Gasteiger partial charge in [-0.3, -0.25) is 0 Å². The van der Waals surface area contributed by atoms with Gasteiger partial charge in [0.2, 0.25) is 0 Å². The Morgan fingerprint density at radius 2 is 1.75 bits per heavy atom. The van der Waals surface area contributed by atoms with Gasteiger partial charge in [-0.2, -0.15) is 0 Å². The van der Waals surface area contributed by atoms with Crippen LogP contribution < -0.4 is 0 Å². The summed E-state index contributed by atoms with van der Waals surface area (Å²) in [6.45, 7) is 0. The molecule has 1 saturated heterocycles. The lowest BCUT2D eigenvalue weighted by Crippen LogP contribution is -2.26. The zero-order chi connectivity index (χ0) is 11.8. The summed E-state index contributed by atoms with van der Waals surface area (Å²) < 4.78 is 46.1. The van der Waals surface area contributed by atoms with E-state index in [-0.39, 0.29) is 17.1 Å². The third-order valence-electron chi connectivity index (χ3n) is 2.69. The summed E-state index contributed by atoms with van der Waals surface area (Å²) in [5.74, 6) is -0.0241. The maximum Gasteiger partial charge on any atom is 0.195 e. The fourth-order valence-corrected chi connectivity index (χ4v) is 6.71. The third kappa shape index (κ3) is 1.87. The van der Waals surface area contributed by atoms with Crippen molar-refractivity contribution in [3.63, 3.8) is 0 Å². The molecule has 0 spiro atoms. The minimum Gasteiger partial charge on any atom is -0.227 e. The van der Waals surface area contributed by atoms with Gasteiger partial charge in [0.05, 0.1) is 10.6 Å². The molecule has 1 heterocycles. The van der Waals surface area contributed by atoms with E-state index in [0.29, 0.717) is 6.42 Å². The topological polar surface area (TPSA) is 68.3 Å². The number of benzene rings is 1. The van der Waals surface area contributed by atoms with E-state index in [1.165, 1.54) is 12.1 Å². The molecule has 1 unspecified atom stereocenters. The molecule has 0 N–H and O–H groups in total. The second kappa shape index (κ2) is 3.85. The first-order valence-corrected chi connectivity index (χ1v) is 8.21. The molecule has 2 rings (SSSR count). The summed E-state index contributed by atoms with van der Waals surface area (Å²) in [6.07, 6.45) is 0.638. The van der Waals surface area contributed by atoms with Crippen LogP contribution in [0.5, 0.6) is 0 Å². The zero-order valence-electron chi connectivity index (χ0n) is 8.53. The second-order valence-electron chi connectivity index (χ2n) is 3.80. The molecule has 6 heteroatoms. The number of sulfone groups is 2. The lowest BCUT2D eigenvalue weighted by Gasteiger charge is -2.10. The number of rotatable bonds is 2. The van der Waals surface area contributed by atoms with Crippen molar-refractivity contribution in [1.82, 2.24) is 0 Å². The number of hydrogen-bond acceptors (Lipinski definition) is 4. The highest BCUT2D eigenvalue weighted by molar-refractivity contribution is 8.09. The van der Waals surface area contributed by atoms with Crippen LogP contribution in [0.3, 0.4) is 0 Å². The molecule has 1 fully saturated rings. The second-order valence-corrected chi connectivity index (χ2v) is 8.53. The normalized spacial score (nSPS) is 24.4. The van der Waals surface area contributed by atoms with Gasteiger partial charge in [0.1, 0.15) is 0 Å². The monoisotopic (exact) mass is 260 g/mol. The Bertz CT molecular complexity index is 573. The summed E-state index contributed by atoms with van der Waals surface area (Å²) in [5, 5.41) is 0. The van der Waals surface area contributed by atoms with E-state index in [2.05, 4.69) is 0 Å². The van der Waals surface area contributed by atoms with Gasteiger partial charge in [0, 0.05) is 0 Å². The molecule has 0 aromatic heterocycles. The molecular formula is C10H12O4S2. The van der Waals surface area contributed by atoms with Crippen molar-refractivity contribution in [2.45, 2.75) is 22.3 Å². The predicted molar refractivity (Wildman–Crippen MR) is 60.4 cm³/mol. The highest BCUT2D eigenvalue weighted by Gasteiger charge is 2.42. The molecule has 0 bridgehead atoms. The molecule has 1 aromatic rings. The van der Waals surface area contributed by atoms with Gasteiger partial charge in [-0.05, 0) is 25.0 Å². The molecule has 0 amide bonds. The van der Waals surface area contributed by atoms with Gasteiger partial charge in [-0.1, -0.05) is 18.2 Å². The lowest BCUT2D eigenvalue weighted by atomic mass is 10.4. The highest BCUT2D eigenvalue weighted by atomic mass is 32.3. The molecule has 1 aromatic carbocycles. The minimum absolute atomic E-state index is 0.0241. The van der Waals surface area contributed by atoms with Crippen LogP contribution in [0, 0.1) is 0 Å². The standard InChI is InChI=1S/C10H12O4S2/c11-15(12)8-4-7-10(15)16(13,14)9-5-2-1-3-6-9/h1-3,5-6,10H,4,7-8H2. The largest absolute Gasteiger partial charge is 0.227 e. The smallest absolute Gasteiger partial charge is 0.195 e. The first kappa shape index (κ1) is 11.6. The predicted octanol–water partition coefficient (Wildman–Crippen LogP) is 0.995. The molecule has 1 aliphatic rings. The fourth-order valence-electron chi connectivity index (χ4n) is 1.87. The van der Waals surface area contributed by atoms with Gasteiger partial charge in [-0.15, -0.1) is 0 Å². The Balaban J connectivity index is 2.49. The zero-order valence-corrected chi connectivity index (χ0v) is 10.2. The van der Waals surface area contributed by atoms with Gasteiger partial charge >= 0.3 is 0 Å². The molecular weight excluding hydrogens is 248 g/mol. The Morgan fingerprint density at radius 3 is 2.25 bits per heavy atom. The average Bonchev–Trinajstić information content (AvgIpc) is 2.60. The lowest BCUT2D eigenvalue weighted by molar-refractivity contribution is 0.579. The van der Waals surface area contributed by atoms with Crippen molar-refractivity contribution in [2.24, 2.45) is 0 Å². The molecule has 4 nitrogen and oxygen atoms in total. The Kier molecular flexibility index (Phi) is 2.79. The van der Waals surface area contributed by atoms with Crippen molar-refractivity contribution < 1.29 is 16.8 Å². The van der Waals surface area contributed by atoms with Gasteiger partial charge in [-0.25, -0.2) is 16.8 Å². The minimum atomic E-state index is -3.73. The van der Waals surface area contributed by atoms with Crippen molar-refractivity contribution >= 4 is 19.7 Å². The highest BCUT2D eigenvalue weighted by Crippen LogP contribution is 2.29. The van der Waals surface area contributed by atoms with E-state index in [0.717, 1.165) is 0 Å². The fraction of sp³-hybridized carbons (Fsp3) is 0.400. The van der Waals surface area contributed by atoms with Crippen LogP contribution >= 0.6 is 0 Å². The number of hydrogen-bond donors (Lipinski definition) is 0. The van der Waals surface area contributed by atoms with E-state index in [4.69, 9.17) is 0 Å². The first-order valence-electron chi connectivity index (χ1n) is 4.95. The summed E-state index contributed by atoms with van der Waals surface area (Å²) in [4.78, 5) is 0.0884. The Hall–Kier alpha value is -0.880. The third-order valence-corrected chi connectivity index (χ3v) is 8.08. The summed E-state index contributed by atoms with van der Waals surface area (Å²) >= 11 is 0. The molecule has 1 atom stereocenters. The molecule has 16 heavy (non-hydrogen) atoms. The van der Waals surface area contributed by atoms with Crippen LogP contribution in [0.1, 0.15) is 12.8 Å². The summed E-state index contributed by atoms with van der Waals surface area (Å²) in [5.41, 5.74) is 0. The summed E-state index contributed by atoms with van der Waals surface area (Å²) in [6, 6.07) is 7.75. The SMILES string of the molecule is O=S1(=O)CCCC1S(=O)(=O)c1ccccc1. The van der Waals surface area contributed by atoms with Crippen LogP contribution in [0.15, 0.2) is 35.2 Å². The van der Waals surface area contributed by atoms with E-state index >= 15 is 0 Å². The van der Waals surface area contributed by atoms with E-state index in [1.54, 1.807) is 18.2 Å². The van der Waals surface area contributed by atoms with Crippen LogP contribution in [0.25, 0.3) is 0 Å². The van der Waals surface area contributed by atoms with E-state index < -0.39 is 24.3 Å². The van der Waals surface area contributed by atoms with Crippen LogP contribution in [-0.2, 0) is 19.7 Å². The molecule has 1 aliphatic heterocycles. The van der Waals surface area contributed by atoms with E-state index in [9.17, 15) is 16.8 Å². The van der Waals surface area contributed by atoms with Crippen molar-refractivity contribution in [3.8, 4) is 0 Å². The first-order chi connectivity index (χ1) is 7.44. The van der Waals surface area contributed by atoms with Crippen molar-refractivity contribution in [3.05, 3.63) is 30.3 Å². The van der Waals surface area contributed by atoms with Crippen LogP contribution in [0.2, 0.25) is 0 Å².